The lowest BCUT2D eigenvalue weighted by molar-refractivity contribution is -0.115. The molecule has 3 nitrogen and oxygen atoms in total. The number of rotatable bonds is 7. The van der Waals surface area contributed by atoms with Gasteiger partial charge in [0, 0.05) is 20.1 Å². The van der Waals surface area contributed by atoms with E-state index in [9.17, 15) is 4.79 Å². The first kappa shape index (κ1) is 11.4. The maximum Gasteiger partial charge on any atom is 0.159 e. The van der Waals surface area contributed by atoms with Gasteiger partial charge in [0.05, 0.1) is 0 Å². The number of carbonyl (C=O) groups excluding carboxylic acids is 1. The third-order valence-corrected chi connectivity index (χ3v) is 2.33. The Morgan fingerprint density at radius 1 is 1.57 bits per heavy atom. The molecule has 1 aliphatic carbocycles. The highest BCUT2D eigenvalue weighted by atomic mass is 16.7. The van der Waals surface area contributed by atoms with Crippen molar-refractivity contribution in [2.75, 3.05) is 20.5 Å². The van der Waals surface area contributed by atoms with E-state index in [-0.39, 0.29) is 5.78 Å². The number of methoxy groups -OCH3 is 1. The van der Waals surface area contributed by atoms with E-state index in [2.05, 4.69) is 6.92 Å². The van der Waals surface area contributed by atoms with Gasteiger partial charge in [0.2, 0.25) is 0 Å². The Balaban J connectivity index is 2.02. The maximum absolute atomic E-state index is 10.7. The topological polar surface area (TPSA) is 35.5 Å². The Hall–Kier alpha value is -0.670. The van der Waals surface area contributed by atoms with Gasteiger partial charge in [-0.3, -0.25) is 4.79 Å². The molecular weight excluding hydrogens is 180 g/mol. The minimum Gasteiger partial charge on any atom is -0.359 e. The lowest BCUT2D eigenvalue weighted by atomic mass is 9.88. The highest BCUT2D eigenvalue weighted by molar-refractivity contribution is 5.98. The summed E-state index contributed by atoms with van der Waals surface area (Å²) >= 11 is 0. The normalized spacial score (nSPS) is 17.6. The zero-order chi connectivity index (χ0) is 10.4. The van der Waals surface area contributed by atoms with Crippen molar-refractivity contribution in [3.63, 3.8) is 0 Å². The molecule has 0 heterocycles. The summed E-state index contributed by atoms with van der Waals surface area (Å²) in [6.07, 6.45) is 4.48. The summed E-state index contributed by atoms with van der Waals surface area (Å²) in [6.45, 7) is 3.28. The van der Waals surface area contributed by atoms with Gasteiger partial charge in [0.25, 0.3) is 0 Å². The number of carbonyl (C=O) groups is 1. The molecule has 0 aliphatic heterocycles. The van der Waals surface area contributed by atoms with Gasteiger partial charge in [0.15, 0.2) is 5.78 Å². The zero-order valence-electron chi connectivity index (χ0n) is 8.91. The van der Waals surface area contributed by atoms with Crippen LogP contribution in [0.5, 0.6) is 0 Å². The van der Waals surface area contributed by atoms with E-state index < -0.39 is 0 Å². The fourth-order valence-electron chi connectivity index (χ4n) is 1.53. The van der Waals surface area contributed by atoms with Crippen molar-refractivity contribution in [1.29, 1.82) is 0 Å². The van der Waals surface area contributed by atoms with Gasteiger partial charge in [-0.05, 0) is 24.8 Å². The average Bonchev–Trinajstić information content (AvgIpc) is 2.10. The van der Waals surface area contributed by atoms with E-state index in [1.54, 1.807) is 13.2 Å². The van der Waals surface area contributed by atoms with Crippen molar-refractivity contribution in [2.24, 2.45) is 5.92 Å². The van der Waals surface area contributed by atoms with Crippen molar-refractivity contribution in [1.82, 2.24) is 0 Å². The van der Waals surface area contributed by atoms with Crippen molar-refractivity contribution < 1.29 is 14.3 Å². The Kier molecular flexibility index (Phi) is 4.84. The lowest BCUT2D eigenvalue weighted by Crippen LogP contribution is -2.12. The van der Waals surface area contributed by atoms with Crippen LogP contribution in [0.2, 0.25) is 0 Å². The molecule has 0 unspecified atom stereocenters. The third kappa shape index (κ3) is 4.03. The fourth-order valence-corrected chi connectivity index (χ4v) is 1.53. The first-order chi connectivity index (χ1) is 6.72. The first-order valence-electron chi connectivity index (χ1n) is 5.01. The number of ether oxygens (including phenoxy) is 2. The highest BCUT2D eigenvalue weighted by Gasteiger charge is 2.16. The smallest absolute Gasteiger partial charge is 0.159 e. The molecule has 0 fully saturated rings. The first-order valence-corrected chi connectivity index (χ1v) is 5.01. The maximum atomic E-state index is 10.7. The molecule has 1 atom stereocenters. The van der Waals surface area contributed by atoms with Crippen molar-refractivity contribution in [2.45, 2.75) is 26.2 Å². The summed E-state index contributed by atoms with van der Waals surface area (Å²) < 4.78 is 9.97. The summed E-state index contributed by atoms with van der Waals surface area (Å²) in [7, 11) is 1.62. The molecule has 14 heavy (non-hydrogen) atoms. The Morgan fingerprint density at radius 2 is 2.29 bits per heavy atom. The third-order valence-electron chi connectivity index (χ3n) is 2.33. The van der Waals surface area contributed by atoms with Crippen LogP contribution in [0.25, 0.3) is 0 Å². The second-order valence-corrected chi connectivity index (χ2v) is 3.86. The van der Waals surface area contributed by atoms with Crippen LogP contribution in [0.15, 0.2) is 11.6 Å². The molecule has 0 bridgehead atoms. The van der Waals surface area contributed by atoms with Gasteiger partial charge in [0.1, 0.15) is 6.79 Å². The van der Waals surface area contributed by atoms with E-state index >= 15 is 0 Å². The minimum atomic E-state index is 0.267. The Morgan fingerprint density at radius 3 is 2.86 bits per heavy atom. The predicted molar refractivity (Wildman–Crippen MR) is 53.9 cm³/mol. The number of hydrogen-bond donors (Lipinski definition) is 0. The Labute approximate surface area is 85.1 Å². The van der Waals surface area contributed by atoms with E-state index in [1.807, 2.05) is 0 Å². The van der Waals surface area contributed by atoms with Crippen molar-refractivity contribution >= 4 is 5.78 Å². The summed E-state index contributed by atoms with van der Waals surface area (Å²) in [6, 6.07) is 0. The van der Waals surface area contributed by atoms with Gasteiger partial charge in [-0.15, -0.1) is 0 Å². The van der Waals surface area contributed by atoms with Gasteiger partial charge >= 0.3 is 0 Å². The van der Waals surface area contributed by atoms with Crippen LogP contribution in [-0.4, -0.2) is 26.3 Å². The summed E-state index contributed by atoms with van der Waals surface area (Å²) in [4.78, 5) is 10.7. The van der Waals surface area contributed by atoms with Crippen LogP contribution < -0.4 is 0 Å². The average molecular weight is 198 g/mol. The van der Waals surface area contributed by atoms with E-state index in [1.165, 1.54) is 5.57 Å². The molecule has 3 heteroatoms. The van der Waals surface area contributed by atoms with Crippen molar-refractivity contribution in [3.8, 4) is 0 Å². The summed E-state index contributed by atoms with van der Waals surface area (Å²) in [5.74, 6) is 0.856. The molecule has 0 aromatic heterocycles. The second-order valence-electron chi connectivity index (χ2n) is 3.86. The summed E-state index contributed by atoms with van der Waals surface area (Å²) in [5, 5.41) is 0. The number of hydrogen-bond acceptors (Lipinski definition) is 3. The summed E-state index contributed by atoms with van der Waals surface area (Å²) in [5.41, 5.74) is 1.29. The van der Waals surface area contributed by atoms with Crippen LogP contribution in [0, 0.1) is 5.92 Å². The molecule has 1 rings (SSSR count). The SMILES string of the molecule is COCOCC[C@H](C)CC1=CC(=O)C1. The quantitative estimate of drug-likeness (QED) is 0.463. The van der Waals surface area contributed by atoms with Crippen LogP contribution >= 0.6 is 0 Å². The van der Waals surface area contributed by atoms with Crippen LogP contribution in [-0.2, 0) is 14.3 Å². The zero-order valence-corrected chi connectivity index (χ0v) is 8.91. The molecule has 0 amide bonds. The molecule has 80 valence electrons. The molecule has 1 aliphatic rings. The molecule has 0 radical (unpaired) electrons. The number of ketones is 1. The van der Waals surface area contributed by atoms with Gasteiger partial charge < -0.3 is 9.47 Å². The van der Waals surface area contributed by atoms with E-state index in [0.29, 0.717) is 19.1 Å². The Bertz CT molecular complexity index is 221. The van der Waals surface area contributed by atoms with Gasteiger partial charge in [-0.25, -0.2) is 0 Å². The van der Waals surface area contributed by atoms with Crippen LogP contribution in [0.1, 0.15) is 26.2 Å². The predicted octanol–water partition coefficient (Wildman–Crippen LogP) is 1.92. The van der Waals surface area contributed by atoms with Crippen molar-refractivity contribution in [3.05, 3.63) is 11.6 Å². The van der Waals surface area contributed by atoms with E-state index in [0.717, 1.165) is 19.4 Å². The largest absolute Gasteiger partial charge is 0.359 e. The molecule has 0 saturated carbocycles. The highest BCUT2D eigenvalue weighted by Crippen LogP contribution is 2.23. The lowest BCUT2D eigenvalue weighted by Gasteiger charge is -2.17. The van der Waals surface area contributed by atoms with Crippen LogP contribution in [0.3, 0.4) is 0 Å². The molecule has 0 saturated heterocycles. The molecule has 0 N–H and O–H groups in total. The molecule has 0 aromatic rings. The fraction of sp³-hybridized carbons (Fsp3) is 0.727. The van der Waals surface area contributed by atoms with Gasteiger partial charge in [-0.2, -0.15) is 0 Å². The van der Waals surface area contributed by atoms with Gasteiger partial charge in [-0.1, -0.05) is 12.5 Å². The van der Waals surface area contributed by atoms with Crippen LogP contribution in [0.4, 0.5) is 0 Å². The second kappa shape index (κ2) is 5.94. The molecular formula is C11H18O3. The molecule has 0 spiro atoms. The number of allylic oxidation sites excluding steroid dienone is 2. The standard InChI is InChI=1S/C11H18O3/c1-9(3-4-14-8-13-2)5-10-6-11(12)7-10/h6,9H,3-5,7-8H2,1-2H3/t9-/m0/s1. The minimum absolute atomic E-state index is 0.267. The monoisotopic (exact) mass is 198 g/mol. The molecule has 0 aromatic carbocycles. The van der Waals surface area contributed by atoms with E-state index in [4.69, 9.17) is 9.47 Å².